The van der Waals surface area contributed by atoms with E-state index in [2.05, 4.69) is 17.1 Å². The number of aryl methyl sites for hydroxylation is 1. The third kappa shape index (κ3) is 2.80. The molecule has 0 aliphatic rings. The lowest BCUT2D eigenvalue weighted by molar-refractivity contribution is 1.08. The molecule has 3 heteroatoms. The first-order valence-electron chi connectivity index (χ1n) is 5.54. The van der Waals surface area contributed by atoms with E-state index in [-0.39, 0.29) is 5.43 Å². The van der Waals surface area contributed by atoms with Crippen LogP contribution in [0.2, 0.25) is 0 Å². The molecule has 0 unspecified atom stereocenters. The van der Waals surface area contributed by atoms with Crippen LogP contribution in [0.4, 0.5) is 0 Å². The second-order valence-electron chi connectivity index (χ2n) is 4.01. The Morgan fingerprint density at radius 3 is 2.59 bits per heavy atom. The number of hydrogen-bond acceptors (Lipinski definition) is 2. The molecule has 0 amide bonds. The highest BCUT2D eigenvalue weighted by atomic mass is 32.2. The van der Waals surface area contributed by atoms with Gasteiger partial charge in [0.05, 0.1) is 0 Å². The maximum Gasteiger partial charge on any atom is 0.187 e. The topological polar surface area (TPSA) is 32.9 Å². The molecule has 0 spiro atoms. The van der Waals surface area contributed by atoms with Crippen molar-refractivity contribution in [3.63, 3.8) is 0 Å². The standard InChI is InChI=1S/C14H15NOS/c1-10-8-15-13(11(2)14(10)16)9-17-12-6-4-3-5-7-12/h3-8H,9H2,1-2H3,(H,15,16). The molecule has 0 radical (unpaired) electrons. The molecular weight excluding hydrogens is 230 g/mol. The van der Waals surface area contributed by atoms with Crippen LogP contribution in [0.25, 0.3) is 0 Å². The molecule has 0 aliphatic heterocycles. The summed E-state index contributed by atoms with van der Waals surface area (Å²) in [4.78, 5) is 16.2. The maximum absolute atomic E-state index is 11.8. The molecule has 0 bridgehead atoms. The van der Waals surface area contributed by atoms with Crippen molar-refractivity contribution in [3.8, 4) is 0 Å². The molecule has 2 nitrogen and oxygen atoms in total. The largest absolute Gasteiger partial charge is 0.364 e. The molecule has 0 aliphatic carbocycles. The smallest absolute Gasteiger partial charge is 0.187 e. The zero-order valence-corrected chi connectivity index (χ0v) is 10.8. The Morgan fingerprint density at radius 1 is 1.18 bits per heavy atom. The quantitative estimate of drug-likeness (QED) is 0.842. The van der Waals surface area contributed by atoms with Crippen LogP contribution >= 0.6 is 11.8 Å². The number of benzene rings is 1. The number of aromatic amines is 1. The lowest BCUT2D eigenvalue weighted by atomic mass is 10.2. The van der Waals surface area contributed by atoms with Gasteiger partial charge < -0.3 is 4.98 Å². The highest BCUT2D eigenvalue weighted by Crippen LogP contribution is 2.21. The van der Waals surface area contributed by atoms with E-state index in [1.165, 1.54) is 4.90 Å². The summed E-state index contributed by atoms with van der Waals surface area (Å²) in [5.74, 6) is 0.797. The Labute approximate surface area is 105 Å². The number of pyridine rings is 1. The minimum absolute atomic E-state index is 0.146. The molecule has 1 aromatic heterocycles. The summed E-state index contributed by atoms with van der Waals surface area (Å²) in [6, 6.07) is 10.2. The minimum Gasteiger partial charge on any atom is -0.364 e. The lowest BCUT2D eigenvalue weighted by Crippen LogP contribution is -2.12. The van der Waals surface area contributed by atoms with Crippen molar-refractivity contribution in [2.75, 3.05) is 0 Å². The zero-order valence-electron chi connectivity index (χ0n) is 9.99. The zero-order chi connectivity index (χ0) is 12.3. The molecule has 1 heterocycles. The van der Waals surface area contributed by atoms with Crippen molar-refractivity contribution >= 4 is 11.8 Å². The van der Waals surface area contributed by atoms with Gasteiger partial charge in [-0.2, -0.15) is 0 Å². The number of H-pyrrole nitrogens is 1. The van der Waals surface area contributed by atoms with Gasteiger partial charge in [0.1, 0.15) is 0 Å². The monoisotopic (exact) mass is 245 g/mol. The van der Waals surface area contributed by atoms with Crippen LogP contribution in [0.15, 0.2) is 46.2 Å². The minimum atomic E-state index is 0.146. The van der Waals surface area contributed by atoms with Crippen molar-refractivity contribution in [3.05, 3.63) is 63.6 Å². The van der Waals surface area contributed by atoms with Crippen LogP contribution in [-0.2, 0) is 5.75 Å². The Morgan fingerprint density at radius 2 is 1.88 bits per heavy atom. The van der Waals surface area contributed by atoms with Crippen LogP contribution in [-0.4, -0.2) is 4.98 Å². The Bertz CT molecular complexity index is 560. The fraction of sp³-hybridized carbons (Fsp3) is 0.214. The molecule has 88 valence electrons. The number of thioether (sulfide) groups is 1. The molecule has 2 aromatic rings. The van der Waals surface area contributed by atoms with Gasteiger partial charge in [-0.1, -0.05) is 18.2 Å². The summed E-state index contributed by atoms with van der Waals surface area (Å²) >= 11 is 1.73. The molecule has 1 aromatic carbocycles. The van der Waals surface area contributed by atoms with Gasteiger partial charge in [-0.25, -0.2) is 0 Å². The summed E-state index contributed by atoms with van der Waals surface area (Å²) in [7, 11) is 0. The van der Waals surface area contributed by atoms with Crippen molar-refractivity contribution < 1.29 is 0 Å². The van der Waals surface area contributed by atoms with Crippen LogP contribution in [0.1, 0.15) is 16.8 Å². The van der Waals surface area contributed by atoms with E-state index in [4.69, 9.17) is 0 Å². The van der Waals surface area contributed by atoms with E-state index in [1.54, 1.807) is 18.0 Å². The average molecular weight is 245 g/mol. The van der Waals surface area contributed by atoms with Crippen molar-refractivity contribution in [2.24, 2.45) is 0 Å². The van der Waals surface area contributed by atoms with E-state index in [0.29, 0.717) is 0 Å². The average Bonchev–Trinajstić information content (AvgIpc) is 2.36. The predicted molar refractivity (Wildman–Crippen MR) is 72.5 cm³/mol. The van der Waals surface area contributed by atoms with Gasteiger partial charge in [0.15, 0.2) is 5.43 Å². The molecular formula is C14H15NOS. The van der Waals surface area contributed by atoms with Gasteiger partial charge >= 0.3 is 0 Å². The summed E-state index contributed by atoms with van der Waals surface area (Å²) in [5.41, 5.74) is 2.76. The number of rotatable bonds is 3. The first kappa shape index (κ1) is 12.0. The maximum atomic E-state index is 11.8. The fourth-order valence-electron chi connectivity index (χ4n) is 1.62. The van der Waals surface area contributed by atoms with Gasteiger partial charge in [0.2, 0.25) is 0 Å². The molecule has 2 rings (SSSR count). The molecule has 0 atom stereocenters. The van der Waals surface area contributed by atoms with Gasteiger partial charge in [-0.15, -0.1) is 11.8 Å². The van der Waals surface area contributed by atoms with E-state index < -0.39 is 0 Å². The highest BCUT2D eigenvalue weighted by molar-refractivity contribution is 7.98. The molecule has 0 saturated heterocycles. The second kappa shape index (κ2) is 5.23. The van der Waals surface area contributed by atoms with E-state index in [9.17, 15) is 4.79 Å². The van der Waals surface area contributed by atoms with Crippen LogP contribution in [0.3, 0.4) is 0 Å². The van der Waals surface area contributed by atoms with Crippen molar-refractivity contribution in [1.29, 1.82) is 0 Å². The number of hydrogen-bond donors (Lipinski definition) is 1. The van der Waals surface area contributed by atoms with Crippen LogP contribution in [0, 0.1) is 13.8 Å². The van der Waals surface area contributed by atoms with Gasteiger partial charge in [-0.05, 0) is 26.0 Å². The number of nitrogens with one attached hydrogen (secondary N) is 1. The van der Waals surface area contributed by atoms with E-state index >= 15 is 0 Å². The Kier molecular flexibility index (Phi) is 3.69. The summed E-state index contributed by atoms with van der Waals surface area (Å²) in [6.07, 6.45) is 1.79. The Hall–Kier alpha value is -1.48. The summed E-state index contributed by atoms with van der Waals surface area (Å²) < 4.78 is 0. The molecule has 1 N–H and O–H groups in total. The number of aromatic nitrogens is 1. The Balaban J connectivity index is 2.15. The first-order chi connectivity index (χ1) is 8.18. The van der Waals surface area contributed by atoms with E-state index in [1.807, 2.05) is 32.0 Å². The second-order valence-corrected chi connectivity index (χ2v) is 5.05. The fourth-order valence-corrected chi connectivity index (χ4v) is 2.58. The van der Waals surface area contributed by atoms with Gasteiger partial charge in [0.25, 0.3) is 0 Å². The lowest BCUT2D eigenvalue weighted by Gasteiger charge is -2.06. The van der Waals surface area contributed by atoms with Crippen molar-refractivity contribution in [1.82, 2.24) is 4.98 Å². The van der Waals surface area contributed by atoms with Crippen LogP contribution in [0.5, 0.6) is 0 Å². The summed E-state index contributed by atoms with van der Waals surface area (Å²) in [5, 5.41) is 0. The molecule has 0 fully saturated rings. The van der Waals surface area contributed by atoms with Crippen molar-refractivity contribution in [2.45, 2.75) is 24.5 Å². The SMILES string of the molecule is Cc1c[nH]c(CSc2ccccc2)c(C)c1=O. The van der Waals surface area contributed by atoms with Gasteiger partial charge in [-0.3, -0.25) is 4.79 Å². The highest BCUT2D eigenvalue weighted by Gasteiger charge is 2.05. The third-order valence-corrected chi connectivity index (χ3v) is 3.78. The predicted octanol–water partition coefficient (Wildman–Crippen LogP) is 3.28. The molecule has 0 saturated carbocycles. The van der Waals surface area contributed by atoms with E-state index in [0.717, 1.165) is 22.6 Å². The van der Waals surface area contributed by atoms with Crippen LogP contribution < -0.4 is 5.43 Å². The third-order valence-electron chi connectivity index (χ3n) is 2.74. The first-order valence-corrected chi connectivity index (χ1v) is 6.52. The molecule has 17 heavy (non-hydrogen) atoms. The normalized spacial score (nSPS) is 10.5. The summed E-state index contributed by atoms with van der Waals surface area (Å²) in [6.45, 7) is 3.71. The van der Waals surface area contributed by atoms with Gasteiger partial charge in [0, 0.05) is 33.7 Å².